The average Bonchev–Trinajstić information content (AvgIpc) is 3.17. The van der Waals surface area contributed by atoms with Crippen LogP contribution in [0.3, 0.4) is 0 Å². The summed E-state index contributed by atoms with van der Waals surface area (Å²) < 4.78 is 11.0. The van der Waals surface area contributed by atoms with Crippen LogP contribution in [-0.2, 0) is 4.79 Å². The highest BCUT2D eigenvalue weighted by molar-refractivity contribution is 5.73. The third-order valence-corrected chi connectivity index (χ3v) is 5.79. The predicted octanol–water partition coefficient (Wildman–Crippen LogP) is 4.57. The fourth-order valence-electron chi connectivity index (χ4n) is 4.25. The quantitative estimate of drug-likeness (QED) is 0.822. The number of aliphatic carboxylic acids is 1. The fraction of sp³-hybridized carbons (Fsp3) is 0.435. The van der Waals surface area contributed by atoms with Crippen molar-refractivity contribution < 1.29 is 19.4 Å². The maximum atomic E-state index is 12.0. The molecule has 148 valence electrons. The lowest BCUT2D eigenvalue weighted by molar-refractivity contribution is -0.145. The van der Waals surface area contributed by atoms with Crippen molar-refractivity contribution in [3.63, 3.8) is 0 Å². The molecule has 1 saturated heterocycles. The summed E-state index contributed by atoms with van der Waals surface area (Å²) in [6.07, 6.45) is 2.64. The minimum Gasteiger partial charge on any atom is -0.480 e. The number of hydrogen-bond acceptors (Lipinski definition) is 4. The molecule has 1 N–H and O–H groups in total. The Bertz CT molecular complexity index is 846. The van der Waals surface area contributed by atoms with Crippen LogP contribution in [0.2, 0.25) is 0 Å². The first-order valence-corrected chi connectivity index (χ1v) is 10.0. The second-order valence-corrected chi connectivity index (χ2v) is 7.92. The molecule has 28 heavy (non-hydrogen) atoms. The molecule has 2 aliphatic heterocycles. The van der Waals surface area contributed by atoms with Crippen molar-refractivity contribution in [1.82, 2.24) is 4.90 Å². The van der Waals surface area contributed by atoms with Gasteiger partial charge in [0.1, 0.15) is 6.04 Å². The molecule has 0 amide bonds. The van der Waals surface area contributed by atoms with Crippen molar-refractivity contribution in [1.29, 1.82) is 0 Å². The number of likely N-dealkylation sites (tertiary alicyclic amines) is 1. The summed E-state index contributed by atoms with van der Waals surface area (Å²) in [5.41, 5.74) is 3.42. The van der Waals surface area contributed by atoms with Crippen LogP contribution in [0.15, 0.2) is 42.5 Å². The zero-order valence-corrected chi connectivity index (χ0v) is 16.4. The van der Waals surface area contributed by atoms with E-state index in [1.807, 2.05) is 18.2 Å². The average molecular weight is 381 g/mol. The lowest BCUT2D eigenvalue weighted by Gasteiger charge is -2.39. The largest absolute Gasteiger partial charge is 0.480 e. The first kappa shape index (κ1) is 18.8. The van der Waals surface area contributed by atoms with Crippen molar-refractivity contribution in [3.8, 4) is 11.5 Å². The molecule has 2 aliphatic rings. The number of carboxylic acid groups (broad SMARTS) is 1. The number of carbonyl (C=O) groups is 1. The summed E-state index contributed by atoms with van der Waals surface area (Å²) in [5.74, 6) is 1.18. The molecule has 0 radical (unpaired) electrons. The van der Waals surface area contributed by atoms with Crippen LogP contribution in [0.4, 0.5) is 0 Å². The van der Waals surface area contributed by atoms with Crippen molar-refractivity contribution in [2.75, 3.05) is 13.3 Å². The number of piperidine rings is 1. The van der Waals surface area contributed by atoms with E-state index in [4.69, 9.17) is 9.47 Å². The predicted molar refractivity (Wildman–Crippen MR) is 107 cm³/mol. The zero-order valence-electron chi connectivity index (χ0n) is 16.4. The maximum absolute atomic E-state index is 12.0. The van der Waals surface area contributed by atoms with Gasteiger partial charge < -0.3 is 14.6 Å². The van der Waals surface area contributed by atoms with Gasteiger partial charge in [0.15, 0.2) is 11.5 Å². The number of hydrogen-bond donors (Lipinski definition) is 1. The van der Waals surface area contributed by atoms with Gasteiger partial charge in [0.25, 0.3) is 0 Å². The van der Waals surface area contributed by atoms with E-state index in [0.717, 1.165) is 42.0 Å². The van der Waals surface area contributed by atoms with Crippen molar-refractivity contribution in [2.45, 2.75) is 51.1 Å². The standard InChI is InChI=1S/C23H27NO4/c1-15(2)16-6-8-17(9-7-16)22(24-12-4-3-5-19(24)23(25)26)18-10-11-20-21(13-18)28-14-27-20/h6-11,13,15,19,22H,3-5,12,14H2,1-2H3,(H,25,26). The van der Waals surface area contributed by atoms with Gasteiger partial charge in [-0.3, -0.25) is 9.69 Å². The van der Waals surface area contributed by atoms with E-state index in [1.165, 1.54) is 5.56 Å². The SMILES string of the molecule is CC(C)c1ccc(C(c2ccc3c(c2)OCO3)N2CCCCC2C(=O)O)cc1. The molecule has 0 spiro atoms. The lowest BCUT2D eigenvalue weighted by atomic mass is 9.90. The van der Waals surface area contributed by atoms with E-state index in [9.17, 15) is 9.90 Å². The number of nitrogens with zero attached hydrogens (tertiary/aromatic N) is 1. The van der Waals surface area contributed by atoms with Gasteiger partial charge in [-0.05, 0) is 54.1 Å². The minimum atomic E-state index is -0.746. The molecule has 2 atom stereocenters. The Hall–Kier alpha value is -2.53. The Morgan fingerprint density at radius 2 is 1.68 bits per heavy atom. The molecule has 1 fully saturated rings. The molecule has 0 aromatic heterocycles. The number of ether oxygens (including phenoxy) is 2. The minimum absolute atomic E-state index is 0.128. The molecule has 0 saturated carbocycles. The lowest BCUT2D eigenvalue weighted by Crippen LogP contribution is -2.46. The second kappa shape index (κ2) is 7.84. The highest BCUT2D eigenvalue weighted by atomic mass is 16.7. The van der Waals surface area contributed by atoms with E-state index in [0.29, 0.717) is 12.3 Å². The Balaban J connectivity index is 1.77. The van der Waals surface area contributed by atoms with Gasteiger partial charge >= 0.3 is 5.97 Å². The molecule has 5 heteroatoms. The van der Waals surface area contributed by atoms with E-state index in [1.54, 1.807) is 0 Å². The van der Waals surface area contributed by atoms with E-state index in [2.05, 4.69) is 43.0 Å². The van der Waals surface area contributed by atoms with Gasteiger partial charge in [-0.15, -0.1) is 0 Å². The van der Waals surface area contributed by atoms with Crippen LogP contribution >= 0.6 is 0 Å². The van der Waals surface area contributed by atoms with Gasteiger partial charge in [0.2, 0.25) is 6.79 Å². The molecular formula is C23H27NO4. The second-order valence-electron chi connectivity index (χ2n) is 7.92. The Morgan fingerprint density at radius 1 is 1.00 bits per heavy atom. The van der Waals surface area contributed by atoms with Crippen LogP contribution < -0.4 is 9.47 Å². The van der Waals surface area contributed by atoms with Crippen LogP contribution in [0.1, 0.15) is 61.8 Å². The molecular weight excluding hydrogens is 354 g/mol. The Labute approximate surface area is 165 Å². The van der Waals surface area contributed by atoms with Gasteiger partial charge in [0.05, 0.1) is 6.04 Å². The van der Waals surface area contributed by atoms with E-state index in [-0.39, 0.29) is 12.8 Å². The monoisotopic (exact) mass is 381 g/mol. The normalized spacial score (nSPS) is 20.3. The van der Waals surface area contributed by atoms with Gasteiger partial charge in [-0.25, -0.2) is 0 Å². The van der Waals surface area contributed by atoms with Crippen LogP contribution in [0, 0.1) is 0 Å². The molecule has 2 heterocycles. The van der Waals surface area contributed by atoms with Crippen LogP contribution in [-0.4, -0.2) is 35.4 Å². The zero-order chi connectivity index (χ0) is 19.7. The first-order valence-electron chi connectivity index (χ1n) is 10.0. The number of benzene rings is 2. The smallest absolute Gasteiger partial charge is 0.320 e. The van der Waals surface area contributed by atoms with Crippen LogP contribution in [0.5, 0.6) is 11.5 Å². The summed E-state index contributed by atoms with van der Waals surface area (Å²) in [4.78, 5) is 14.1. The highest BCUT2D eigenvalue weighted by Crippen LogP contribution is 2.40. The van der Waals surface area contributed by atoms with Crippen molar-refractivity contribution in [3.05, 3.63) is 59.2 Å². The summed E-state index contributed by atoms with van der Waals surface area (Å²) >= 11 is 0. The van der Waals surface area contributed by atoms with Crippen molar-refractivity contribution >= 4 is 5.97 Å². The summed E-state index contributed by atoms with van der Waals surface area (Å²) in [7, 11) is 0. The Morgan fingerprint density at radius 3 is 2.39 bits per heavy atom. The molecule has 2 aromatic carbocycles. The number of rotatable bonds is 5. The van der Waals surface area contributed by atoms with Gasteiger partial charge in [-0.2, -0.15) is 0 Å². The summed E-state index contributed by atoms with van der Waals surface area (Å²) in [5, 5.41) is 9.84. The van der Waals surface area contributed by atoms with Gasteiger partial charge in [-0.1, -0.05) is 50.6 Å². The fourth-order valence-corrected chi connectivity index (χ4v) is 4.25. The summed E-state index contributed by atoms with van der Waals surface area (Å²) in [6, 6.07) is 13.9. The third kappa shape index (κ3) is 3.59. The molecule has 2 unspecified atom stereocenters. The molecule has 5 nitrogen and oxygen atoms in total. The third-order valence-electron chi connectivity index (χ3n) is 5.79. The summed E-state index contributed by atoms with van der Waals surface area (Å²) in [6.45, 7) is 5.35. The number of fused-ring (bicyclic) bond motifs is 1. The Kier molecular flexibility index (Phi) is 5.27. The molecule has 0 bridgehead atoms. The topological polar surface area (TPSA) is 59.0 Å². The maximum Gasteiger partial charge on any atom is 0.320 e. The molecule has 2 aromatic rings. The first-order chi connectivity index (χ1) is 13.5. The van der Waals surface area contributed by atoms with E-state index < -0.39 is 12.0 Å². The van der Waals surface area contributed by atoms with Gasteiger partial charge in [0, 0.05) is 0 Å². The molecule has 0 aliphatic carbocycles. The van der Waals surface area contributed by atoms with Crippen molar-refractivity contribution in [2.24, 2.45) is 0 Å². The number of carboxylic acids is 1. The molecule has 4 rings (SSSR count). The van der Waals surface area contributed by atoms with Crippen LogP contribution in [0.25, 0.3) is 0 Å². The highest BCUT2D eigenvalue weighted by Gasteiger charge is 2.35. The van der Waals surface area contributed by atoms with E-state index >= 15 is 0 Å².